The Hall–Kier alpha value is -3.09. The number of benzene rings is 1. The second-order valence-electron chi connectivity index (χ2n) is 6.02. The predicted molar refractivity (Wildman–Crippen MR) is 90.8 cm³/mol. The molecule has 0 bridgehead atoms. The second kappa shape index (κ2) is 4.95. The minimum atomic E-state index is -0.234. The van der Waals surface area contributed by atoms with Crippen LogP contribution in [0.2, 0.25) is 0 Å². The van der Waals surface area contributed by atoms with E-state index in [2.05, 4.69) is 20.2 Å². The van der Waals surface area contributed by atoms with Gasteiger partial charge in [0, 0.05) is 18.2 Å². The van der Waals surface area contributed by atoms with Gasteiger partial charge in [0.2, 0.25) is 0 Å². The molecule has 0 atom stereocenters. The van der Waals surface area contributed by atoms with Crippen LogP contribution in [-0.2, 0) is 7.05 Å². The number of hydrogen-bond acceptors (Lipinski definition) is 4. The standard InChI is InChI=1S/C17H17N5O2/c1-8-7-18-22(4)16(8)12-5-11(14-9(2)21-24-10(14)3)6-13-15(12)20-17(23)19-13/h5-7H,1-4H3,(H2,19,20,23). The fourth-order valence-electron chi connectivity index (χ4n) is 3.30. The van der Waals surface area contributed by atoms with Crippen LogP contribution >= 0.6 is 0 Å². The van der Waals surface area contributed by atoms with Crippen LogP contribution in [0.5, 0.6) is 0 Å². The van der Waals surface area contributed by atoms with E-state index in [0.717, 1.165) is 50.4 Å². The van der Waals surface area contributed by atoms with Crippen molar-refractivity contribution in [2.75, 3.05) is 0 Å². The SMILES string of the molecule is Cc1cnn(C)c1-c1cc(-c2c(C)noc2C)cc2[nH]c(=O)[nH]c12. The lowest BCUT2D eigenvalue weighted by Gasteiger charge is -2.09. The van der Waals surface area contributed by atoms with Gasteiger partial charge >= 0.3 is 5.69 Å². The lowest BCUT2D eigenvalue weighted by atomic mass is 9.98. The normalized spacial score (nSPS) is 11.5. The molecule has 1 aromatic carbocycles. The third-order valence-electron chi connectivity index (χ3n) is 4.32. The summed E-state index contributed by atoms with van der Waals surface area (Å²) in [5.41, 5.74) is 6.90. The zero-order valence-corrected chi connectivity index (χ0v) is 13.9. The van der Waals surface area contributed by atoms with E-state index < -0.39 is 0 Å². The van der Waals surface area contributed by atoms with Crippen LogP contribution in [0, 0.1) is 20.8 Å². The van der Waals surface area contributed by atoms with Gasteiger partial charge in [-0.25, -0.2) is 4.79 Å². The molecular weight excluding hydrogens is 306 g/mol. The van der Waals surface area contributed by atoms with Crippen molar-refractivity contribution in [1.29, 1.82) is 0 Å². The van der Waals surface area contributed by atoms with E-state index in [-0.39, 0.29) is 5.69 Å². The summed E-state index contributed by atoms with van der Waals surface area (Å²) in [5, 5.41) is 8.35. The van der Waals surface area contributed by atoms with Gasteiger partial charge in [-0.1, -0.05) is 5.16 Å². The average Bonchev–Trinajstić information content (AvgIpc) is 3.16. The molecule has 2 N–H and O–H groups in total. The summed E-state index contributed by atoms with van der Waals surface area (Å²) in [7, 11) is 1.89. The first-order valence-corrected chi connectivity index (χ1v) is 7.64. The number of fused-ring (bicyclic) bond motifs is 1. The van der Waals surface area contributed by atoms with E-state index >= 15 is 0 Å². The number of nitrogens with one attached hydrogen (secondary N) is 2. The zero-order chi connectivity index (χ0) is 17.0. The summed E-state index contributed by atoms with van der Waals surface area (Å²) >= 11 is 0. The molecule has 0 aliphatic carbocycles. The highest BCUT2D eigenvalue weighted by Gasteiger charge is 2.18. The Bertz CT molecular complexity index is 1090. The van der Waals surface area contributed by atoms with E-state index in [1.807, 2.05) is 50.8 Å². The van der Waals surface area contributed by atoms with Crippen LogP contribution in [0.1, 0.15) is 17.0 Å². The highest BCUT2D eigenvalue weighted by Crippen LogP contribution is 2.35. The van der Waals surface area contributed by atoms with Crippen molar-refractivity contribution in [2.45, 2.75) is 20.8 Å². The molecule has 0 aliphatic heterocycles. The van der Waals surface area contributed by atoms with Crippen LogP contribution in [0.25, 0.3) is 33.4 Å². The number of hydrogen-bond donors (Lipinski definition) is 2. The fraction of sp³-hybridized carbons (Fsp3) is 0.235. The molecule has 0 aliphatic rings. The first-order chi connectivity index (χ1) is 11.5. The Morgan fingerprint density at radius 1 is 1.17 bits per heavy atom. The van der Waals surface area contributed by atoms with Crippen molar-refractivity contribution >= 4 is 11.0 Å². The van der Waals surface area contributed by atoms with Crippen LogP contribution in [0.4, 0.5) is 0 Å². The molecule has 3 aromatic heterocycles. The summed E-state index contributed by atoms with van der Waals surface area (Å²) in [6.45, 7) is 5.79. The molecular formula is C17H17N5O2. The van der Waals surface area contributed by atoms with Crippen LogP contribution in [0.3, 0.4) is 0 Å². The van der Waals surface area contributed by atoms with E-state index in [1.54, 1.807) is 0 Å². The number of nitrogens with zero attached hydrogens (tertiary/aromatic N) is 3. The molecule has 0 amide bonds. The monoisotopic (exact) mass is 323 g/mol. The van der Waals surface area contributed by atoms with E-state index in [9.17, 15) is 4.79 Å². The highest BCUT2D eigenvalue weighted by molar-refractivity contribution is 5.96. The lowest BCUT2D eigenvalue weighted by molar-refractivity contribution is 0.393. The van der Waals surface area contributed by atoms with Gasteiger partial charge in [0.1, 0.15) is 5.76 Å². The topological polar surface area (TPSA) is 92.5 Å². The lowest BCUT2D eigenvalue weighted by Crippen LogP contribution is -2.00. The summed E-state index contributed by atoms with van der Waals surface area (Å²) in [6, 6.07) is 3.98. The second-order valence-corrected chi connectivity index (χ2v) is 6.02. The molecule has 0 spiro atoms. The maximum absolute atomic E-state index is 11.8. The fourth-order valence-corrected chi connectivity index (χ4v) is 3.30. The van der Waals surface area contributed by atoms with Gasteiger partial charge in [0.25, 0.3) is 0 Å². The summed E-state index contributed by atoms with van der Waals surface area (Å²) in [5.74, 6) is 0.748. The maximum atomic E-state index is 11.8. The molecule has 0 unspecified atom stereocenters. The quantitative estimate of drug-likeness (QED) is 0.593. The first kappa shape index (κ1) is 14.5. The maximum Gasteiger partial charge on any atom is 0.323 e. The number of rotatable bonds is 2. The van der Waals surface area contributed by atoms with Crippen molar-refractivity contribution in [3.63, 3.8) is 0 Å². The molecule has 24 heavy (non-hydrogen) atoms. The highest BCUT2D eigenvalue weighted by atomic mass is 16.5. The minimum Gasteiger partial charge on any atom is -0.361 e. The van der Waals surface area contributed by atoms with Crippen molar-refractivity contribution in [2.24, 2.45) is 7.05 Å². The average molecular weight is 323 g/mol. The number of aromatic nitrogens is 5. The van der Waals surface area contributed by atoms with Gasteiger partial charge in [-0.15, -0.1) is 0 Å². The summed E-state index contributed by atoms with van der Waals surface area (Å²) in [6.07, 6.45) is 1.81. The van der Waals surface area contributed by atoms with Crippen molar-refractivity contribution < 1.29 is 4.52 Å². The molecule has 4 rings (SSSR count). The smallest absolute Gasteiger partial charge is 0.323 e. The molecule has 7 nitrogen and oxygen atoms in total. The van der Waals surface area contributed by atoms with Gasteiger partial charge in [-0.05, 0) is 44.0 Å². The molecule has 0 fully saturated rings. The number of aromatic amines is 2. The number of imidazole rings is 1. The zero-order valence-electron chi connectivity index (χ0n) is 13.9. The molecule has 3 heterocycles. The molecule has 0 radical (unpaired) electrons. The Kier molecular flexibility index (Phi) is 2.99. The largest absolute Gasteiger partial charge is 0.361 e. The molecule has 0 saturated carbocycles. The number of H-pyrrole nitrogens is 2. The molecule has 122 valence electrons. The van der Waals surface area contributed by atoms with Gasteiger partial charge in [0.05, 0.1) is 28.6 Å². The predicted octanol–water partition coefficient (Wildman–Crippen LogP) is 2.84. The number of aryl methyl sites for hydroxylation is 4. The van der Waals surface area contributed by atoms with E-state index in [1.165, 1.54) is 0 Å². The Balaban J connectivity index is 2.11. The Morgan fingerprint density at radius 2 is 1.96 bits per heavy atom. The summed E-state index contributed by atoms with van der Waals surface area (Å²) < 4.78 is 7.11. The Labute approximate surface area is 137 Å². The van der Waals surface area contributed by atoms with Gasteiger partial charge in [-0.2, -0.15) is 5.10 Å². The van der Waals surface area contributed by atoms with Gasteiger partial charge in [-0.3, -0.25) is 4.68 Å². The van der Waals surface area contributed by atoms with Crippen molar-refractivity contribution in [3.8, 4) is 22.4 Å². The van der Waals surface area contributed by atoms with Gasteiger partial charge in [0.15, 0.2) is 0 Å². The van der Waals surface area contributed by atoms with Crippen LogP contribution in [-0.4, -0.2) is 24.9 Å². The van der Waals surface area contributed by atoms with E-state index in [0.29, 0.717) is 0 Å². The van der Waals surface area contributed by atoms with Crippen LogP contribution in [0.15, 0.2) is 27.6 Å². The third-order valence-corrected chi connectivity index (χ3v) is 4.32. The first-order valence-electron chi connectivity index (χ1n) is 7.64. The molecule has 7 heteroatoms. The third kappa shape index (κ3) is 2.01. The van der Waals surface area contributed by atoms with Crippen molar-refractivity contribution in [3.05, 3.63) is 45.8 Å². The minimum absolute atomic E-state index is 0.234. The van der Waals surface area contributed by atoms with E-state index in [4.69, 9.17) is 4.52 Å². The van der Waals surface area contributed by atoms with Crippen molar-refractivity contribution in [1.82, 2.24) is 24.9 Å². The summed E-state index contributed by atoms with van der Waals surface area (Å²) in [4.78, 5) is 17.6. The molecule has 0 saturated heterocycles. The Morgan fingerprint density at radius 3 is 2.58 bits per heavy atom. The van der Waals surface area contributed by atoms with Crippen LogP contribution < -0.4 is 5.69 Å². The van der Waals surface area contributed by atoms with Gasteiger partial charge < -0.3 is 14.5 Å². The molecule has 4 aromatic rings.